The van der Waals surface area contributed by atoms with E-state index in [1.807, 2.05) is 19.9 Å². The summed E-state index contributed by atoms with van der Waals surface area (Å²) in [6.07, 6.45) is 1.38. The van der Waals surface area contributed by atoms with Gasteiger partial charge in [0.25, 0.3) is 0 Å². The SMILES string of the molecule is CCOC(=O)c1ccc(NC(=O)[C@H](CC)N(c2cc(C)cc(C)c2)S(C)(=O)=O)cc1. The average molecular weight is 433 g/mol. The van der Waals surface area contributed by atoms with Gasteiger partial charge in [0.2, 0.25) is 15.9 Å². The van der Waals surface area contributed by atoms with Gasteiger partial charge in [0, 0.05) is 5.69 Å². The fourth-order valence-corrected chi connectivity index (χ4v) is 4.46. The molecular weight excluding hydrogens is 404 g/mol. The van der Waals surface area contributed by atoms with E-state index in [1.165, 1.54) is 0 Å². The van der Waals surface area contributed by atoms with Crippen LogP contribution in [0.4, 0.5) is 11.4 Å². The molecular formula is C22H28N2O5S. The van der Waals surface area contributed by atoms with E-state index in [9.17, 15) is 18.0 Å². The lowest BCUT2D eigenvalue weighted by Crippen LogP contribution is -2.47. The minimum absolute atomic E-state index is 0.273. The summed E-state index contributed by atoms with van der Waals surface area (Å²) >= 11 is 0. The van der Waals surface area contributed by atoms with E-state index in [0.717, 1.165) is 21.7 Å². The van der Waals surface area contributed by atoms with Gasteiger partial charge in [-0.15, -0.1) is 0 Å². The van der Waals surface area contributed by atoms with E-state index in [2.05, 4.69) is 5.32 Å². The number of hydrogen-bond donors (Lipinski definition) is 1. The van der Waals surface area contributed by atoms with E-state index in [0.29, 0.717) is 16.9 Å². The van der Waals surface area contributed by atoms with Gasteiger partial charge in [-0.3, -0.25) is 9.10 Å². The van der Waals surface area contributed by atoms with Crippen LogP contribution in [0, 0.1) is 13.8 Å². The lowest BCUT2D eigenvalue weighted by Gasteiger charge is -2.30. The highest BCUT2D eigenvalue weighted by Crippen LogP contribution is 2.26. The average Bonchev–Trinajstić information content (AvgIpc) is 2.64. The van der Waals surface area contributed by atoms with Crippen molar-refractivity contribution in [2.75, 3.05) is 22.5 Å². The molecule has 0 saturated heterocycles. The van der Waals surface area contributed by atoms with Crippen molar-refractivity contribution in [1.82, 2.24) is 0 Å². The molecule has 162 valence electrons. The molecule has 0 saturated carbocycles. The molecule has 2 rings (SSSR count). The van der Waals surface area contributed by atoms with Crippen molar-refractivity contribution in [3.8, 4) is 0 Å². The molecule has 0 fully saturated rings. The number of benzene rings is 2. The molecule has 0 heterocycles. The van der Waals surface area contributed by atoms with E-state index in [4.69, 9.17) is 4.74 Å². The van der Waals surface area contributed by atoms with E-state index >= 15 is 0 Å². The Balaban J connectivity index is 2.31. The van der Waals surface area contributed by atoms with Gasteiger partial charge in [-0.2, -0.15) is 0 Å². The molecule has 1 amide bonds. The third kappa shape index (κ3) is 5.82. The standard InChI is InChI=1S/C22H28N2O5S/c1-6-20(24(30(5,27)28)19-13-15(3)12-16(4)14-19)21(25)23-18-10-8-17(9-11-18)22(26)29-7-2/h8-14,20H,6-7H2,1-5H3,(H,23,25)/t20-/m0/s1. The van der Waals surface area contributed by atoms with Gasteiger partial charge in [0.15, 0.2) is 0 Å². The smallest absolute Gasteiger partial charge is 0.338 e. The molecule has 0 bridgehead atoms. The Bertz CT molecular complexity index is 996. The zero-order valence-electron chi connectivity index (χ0n) is 17.9. The number of sulfonamides is 1. The largest absolute Gasteiger partial charge is 0.462 e. The van der Waals surface area contributed by atoms with Crippen LogP contribution in [-0.4, -0.2) is 39.2 Å². The topological polar surface area (TPSA) is 92.8 Å². The summed E-state index contributed by atoms with van der Waals surface area (Å²) in [5.74, 6) is -0.897. The molecule has 1 N–H and O–H groups in total. The fourth-order valence-electron chi connectivity index (χ4n) is 3.27. The van der Waals surface area contributed by atoms with Crippen molar-refractivity contribution in [2.45, 2.75) is 40.2 Å². The number of ether oxygens (including phenoxy) is 1. The van der Waals surface area contributed by atoms with Gasteiger partial charge in [-0.05, 0) is 74.7 Å². The van der Waals surface area contributed by atoms with Crippen molar-refractivity contribution >= 4 is 33.3 Å². The normalized spacial score (nSPS) is 12.2. The first-order valence-electron chi connectivity index (χ1n) is 9.72. The van der Waals surface area contributed by atoms with Crippen molar-refractivity contribution in [3.63, 3.8) is 0 Å². The van der Waals surface area contributed by atoms with Gasteiger partial charge in [0.05, 0.1) is 24.1 Å². The van der Waals surface area contributed by atoms with Crippen LogP contribution >= 0.6 is 0 Å². The lowest BCUT2D eigenvalue weighted by atomic mass is 10.1. The minimum atomic E-state index is -3.71. The van der Waals surface area contributed by atoms with E-state index in [-0.39, 0.29) is 13.0 Å². The van der Waals surface area contributed by atoms with E-state index in [1.54, 1.807) is 50.2 Å². The summed E-state index contributed by atoms with van der Waals surface area (Å²) in [5, 5.41) is 2.75. The van der Waals surface area contributed by atoms with Gasteiger partial charge in [-0.1, -0.05) is 13.0 Å². The number of rotatable bonds is 8. The molecule has 0 unspecified atom stereocenters. The summed E-state index contributed by atoms with van der Waals surface area (Å²) in [4.78, 5) is 24.7. The summed E-state index contributed by atoms with van der Waals surface area (Å²) in [5.41, 5.74) is 3.09. The van der Waals surface area contributed by atoms with Crippen LogP contribution in [0.2, 0.25) is 0 Å². The molecule has 0 spiro atoms. The Kier molecular flexibility index (Phi) is 7.61. The van der Waals surface area contributed by atoms with Crippen LogP contribution in [0.1, 0.15) is 41.8 Å². The third-order valence-corrected chi connectivity index (χ3v) is 5.63. The Morgan fingerprint density at radius 2 is 1.60 bits per heavy atom. The second kappa shape index (κ2) is 9.75. The zero-order chi connectivity index (χ0) is 22.5. The Hall–Kier alpha value is -2.87. The van der Waals surface area contributed by atoms with Crippen LogP contribution in [0.25, 0.3) is 0 Å². The predicted octanol–water partition coefficient (Wildman–Crippen LogP) is 3.66. The summed E-state index contributed by atoms with van der Waals surface area (Å²) in [7, 11) is -3.71. The van der Waals surface area contributed by atoms with Gasteiger partial charge in [0.1, 0.15) is 6.04 Å². The maximum atomic E-state index is 13.0. The number of nitrogens with zero attached hydrogens (tertiary/aromatic N) is 1. The van der Waals surface area contributed by atoms with Crippen LogP contribution in [0.15, 0.2) is 42.5 Å². The number of nitrogens with one attached hydrogen (secondary N) is 1. The fraction of sp³-hybridized carbons (Fsp3) is 0.364. The molecule has 1 atom stereocenters. The monoisotopic (exact) mass is 432 g/mol. The molecule has 0 radical (unpaired) electrons. The van der Waals surface area contributed by atoms with E-state index < -0.39 is 27.9 Å². The third-order valence-electron chi connectivity index (χ3n) is 4.45. The molecule has 7 nitrogen and oxygen atoms in total. The second-order valence-corrected chi connectivity index (χ2v) is 8.98. The predicted molar refractivity (Wildman–Crippen MR) is 118 cm³/mol. The molecule has 0 aliphatic carbocycles. The Morgan fingerprint density at radius 1 is 1.03 bits per heavy atom. The minimum Gasteiger partial charge on any atom is -0.462 e. The Morgan fingerprint density at radius 3 is 2.07 bits per heavy atom. The highest BCUT2D eigenvalue weighted by atomic mass is 32.2. The van der Waals surface area contributed by atoms with Gasteiger partial charge >= 0.3 is 5.97 Å². The summed E-state index contributed by atoms with van der Waals surface area (Å²) in [6, 6.07) is 10.8. The van der Waals surface area contributed by atoms with Crippen LogP contribution in [0.5, 0.6) is 0 Å². The number of carbonyl (C=O) groups excluding carboxylic acids is 2. The van der Waals surface area contributed by atoms with Crippen molar-refractivity contribution in [3.05, 3.63) is 59.2 Å². The highest BCUT2D eigenvalue weighted by Gasteiger charge is 2.31. The maximum Gasteiger partial charge on any atom is 0.338 e. The highest BCUT2D eigenvalue weighted by molar-refractivity contribution is 7.92. The summed E-state index contributed by atoms with van der Waals surface area (Å²) < 4.78 is 31.3. The molecule has 30 heavy (non-hydrogen) atoms. The first-order chi connectivity index (χ1) is 14.1. The van der Waals surface area contributed by atoms with Crippen molar-refractivity contribution in [2.24, 2.45) is 0 Å². The lowest BCUT2D eigenvalue weighted by molar-refractivity contribution is -0.117. The number of anilines is 2. The molecule has 0 aromatic heterocycles. The van der Waals surface area contributed by atoms with Crippen LogP contribution in [-0.2, 0) is 19.6 Å². The van der Waals surface area contributed by atoms with Crippen LogP contribution < -0.4 is 9.62 Å². The first-order valence-corrected chi connectivity index (χ1v) is 11.6. The maximum absolute atomic E-state index is 13.0. The van der Waals surface area contributed by atoms with Gasteiger partial charge in [-0.25, -0.2) is 13.2 Å². The van der Waals surface area contributed by atoms with Gasteiger partial charge < -0.3 is 10.1 Å². The zero-order valence-corrected chi connectivity index (χ0v) is 18.7. The van der Waals surface area contributed by atoms with Crippen LogP contribution in [0.3, 0.4) is 0 Å². The number of esters is 1. The number of amides is 1. The number of carbonyl (C=O) groups is 2. The van der Waals surface area contributed by atoms with Crippen molar-refractivity contribution in [1.29, 1.82) is 0 Å². The quantitative estimate of drug-likeness (QED) is 0.643. The molecule has 0 aliphatic heterocycles. The molecule has 2 aromatic rings. The first kappa shape index (κ1) is 23.4. The number of aryl methyl sites for hydroxylation is 2. The number of hydrogen-bond acceptors (Lipinski definition) is 5. The Labute approximate surface area is 178 Å². The second-order valence-electron chi connectivity index (χ2n) is 7.12. The molecule has 0 aliphatic rings. The summed E-state index contributed by atoms with van der Waals surface area (Å²) in [6.45, 7) is 7.51. The molecule has 2 aromatic carbocycles. The van der Waals surface area contributed by atoms with Crippen molar-refractivity contribution < 1.29 is 22.7 Å². The molecule has 8 heteroatoms.